The van der Waals surface area contributed by atoms with Crippen molar-refractivity contribution in [2.24, 2.45) is 0 Å². The quantitative estimate of drug-likeness (QED) is 0.537. The summed E-state index contributed by atoms with van der Waals surface area (Å²) in [5.74, 6) is -0.987. The van der Waals surface area contributed by atoms with Crippen molar-refractivity contribution in [2.45, 2.75) is 24.8 Å². The number of H-pyrrole nitrogens is 1. The minimum atomic E-state index is -3.35. The minimum Gasteiger partial charge on any atom is -0.451 e. The highest BCUT2D eigenvalue weighted by Crippen LogP contribution is 2.24. The predicted molar refractivity (Wildman–Crippen MR) is 102 cm³/mol. The molecule has 2 aromatic carbocycles. The Morgan fingerprint density at radius 3 is 2.30 bits per heavy atom. The van der Waals surface area contributed by atoms with E-state index in [4.69, 9.17) is 4.74 Å². The number of carbonyl (C=O) groups is 2. The van der Waals surface area contributed by atoms with E-state index in [1.54, 1.807) is 6.92 Å². The molecule has 1 heterocycles. The van der Waals surface area contributed by atoms with Crippen molar-refractivity contribution in [3.05, 3.63) is 65.4 Å². The molecule has 0 aliphatic rings. The maximum Gasteiger partial charge on any atom is 0.338 e. The van der Waals surface area contributed by atoms with Gasteiger partial charge in [0, 0.05) is 28.4 Å². The Labute approximate surface area is 157 Å². The number of hydrogen-bond acceptors (Lipinski definition) is 5. The Kier molecular flexibility index (Phi) is 4.89. The van der Waals surface area contributed by atoms with Crippen LogP contribution in [-0.4, -0.2) is 37.5 Å². The van der Waals surface area contributed by atoms with Gasteiger partial charge in [0.1, 0.15) is 0 Å². The number of aromatic amines is 1. The molecule has 1 N–H and O–H groups in total. The van der Waals surface area contributed by atoms with Crippen LogP contribution >= 0.6 is 0 Å². The fourth-order valence-electron chi connectivity index (χ4n) is 2.92. The first-order valence-corrected chi connectivity index (χ1v) is 10.2. The summed E-state index contributed by atoms with van der Waals surface area (Å²) in [6.07, 6.45) is 0.106. The number of hydrogen-bond donors (Lipinski definition) is 1. The number of esters is 1. The third kappa shape index (κ3) is 3.78. The van der Waals surface area contributed by atoms with Crippen molar-refractivity contribution in [1.82, 2.24) is 4.98 Å². The van der Waals surface area contributed by atoms with E-state index in [1.807, 2.05) is 24.3 Å². The minimum absolute atomic E-state index is 0.109. The third-order valence-corrected chi connectivity index (χ3v) is 5.44. The zero-order valence-electron chi connectivity index (χ0n) is 15.1. The summed E-state index contributed by atoms with van der Waals surface area (Å²) in [4.78, 5) is 28.4. The van der Waals surface area contributed by atoms with Crippen molar-refractivity contribution in [3.63, 3.8) is 0 Å². The van der Waals surface area contributed by atoms with Crippen LogP contribution in [0.3, 0.4) is 0 Å². The van der Waals surface area contributed by atoms with Crippen LogP contribution in [-0.2, 0) is 14.6 Å². The first kappa shape index (κ1) is 18.8. The summed E-state index contributed by atoms with van der Waals surface area (Å²) in [6.45, 7) is 3.32. The van der Waals surface area contributed by atoms with Crippen LogP contribution in [0, 0.1) is 6.92 Å². The second-order valence-electron chi connectivity index (χ2n) is 6.38. The molecule has 0 saturated carbocycles. The van der Waals surface area contributed by atoms with Crippen LogP contribution in [0.5, 0.6) is 0 Å². The Hall–Kier alpha value is -2.93. The van der Waals surface area contributed by atoms with Gasteiger partial charge >= 0.3 is 5.97 Å². The summed E-state index contributed by atoms with van der Waals surface area (Å²) < 4.78 is 28.3. The van der Waals surface area contributed by atoms with Crippen molar-refractivity contribution in [3.8, 4) is 0 Å². The number of ketones is 1. The number of fused-ring (bicyclic) bond motifs is 1. The van der Waals surface area contributed by atoms with Gasteiger partial charge in [0.15, 0.2) is 15.9 Å². The second kappa shape index (κ2) is 7.00. The molecule has 0 unspecified atom stereocenters. The molecule has 0 aliphatic heterocycles. The molecular formula is C20H19NO5S. The van der Waals surface area contributed by atoms with E-state index in [1.165, 1.54) is 31.2 Å². The van der Waals surface area contributed by atoms with Crippen molar-refractivity contribution in [2.75, 3.05) is 6.26 Å². The van der Waals surface area contributed by atoms with Crippen LogP contribution in [0.15, 0.2) is 53.4 Å². The zero-order valence-corrected chi connectivity index (χ0v) is 16.0. The molecule has 6 nitrogen and oxygen atoms in total. The zero-order chi connectivity index (χ0) is 19.8. The van der Waals surface area contributed by atoms with Crippen LogP contribution in [0.1, 0.15) is 33.3 Å². The molecule has 0 bridgehead atoms. The van der Waals surface area contributed by atoms with Crippen LogP contribution in [0.4, 0.5) is 0 Å². The second-order valence-corrected chi connectivity index (χ2v) is 8.39. The van der Waals surface area contributed by atoms with Gasteiger partial charge < -0.3 is 9.72 Å². The highest BCUT2D eigenvalue weighted by Gasteiger charge is 2.25. The van der Waals surface area contributed by atoms with E-state index in [2.05, 4.69) is 4.98 Å². The predicted octanol–water partition coefficient (Wildman–Crippen LogP) is 3.31. The van der Waals surface area contributed by atoms with Gasteiger partial charge in [0.25, 0.3) is 0 Å². The smallest absolute Gasteiger partial charge is 0.338 e. The Morgan fingerprint density at radius 1 is 1.04 bits per heavy atom. The van der Waals surface area contributed by atoms with E-state index >= 15 is 0 Å². The van der Waals surface area contributed by atoms with Gasteiger partial charge in [0.05, 0.1) is 10.5 Å². The third-order valence-electron chi connectivity index (χ3n) is 4.31. The summed E-state index contributed by atoms with van der Waals surface area (Å²) in [5, 5.41) is 0.778. The number of aryl methyl sites for hydroxylation is 1. The van der Waals surface area contributed by atoms with E-state index in [0.29, 0.717) is 11.3 Å². The average Bonchev–Trinajstić information content (AvgIpc) is 2.96. The summed E-state index contributed by atoms with van der Waals surface area (Å²) in [5.41, 5.74) is 2.23. The molecular weight excluding hydrogens is 366 g/mol. The number of ether oxygens (including phenoxy) is 1. The molecule has 0 radical (unpaired) electrons. The van der Waals surface area contributed by atoms with Gasteiger partial charge in [-0.3, -0.25) is 4.79 Å². The lowest BCUT2D eigenvalue weighted by molar-refractivity contribution is 0.0319. The van der Waals surface area contributed by atoms with Gasteiger partial charge in [-0.05, 0) is 44.2 Å². The van der Waals surface area contributed by atoms with Crippen molar-refractivity contribution >= 4 is 32.5 Å². The molecule has 0 spiro atoms. The number of Topliss-reactive ketones (excluding diaryl/α,β-unsaturated/α-hetero) is 1. The normalized spacial score (nSPS) is 12.7. The summed E-state index contributed by atoms with van der Waals surface area (Å²) in [7, 11) is -3.35. The number of sulfone groups is 1. The van der Waals surface area contributed by atoms with E-state index in [0.717, 1.165) is 17.2 Å². The average molecular weight is 385 g/mol. The Morgan fingerprint density at radius 2 is 1.67 bits per heavy atom. The molecule has 27 heavy (non-hydrogen) atoms. The molecule has 7 heteroatoms. The lowest BCUT2D eigenvalue weighted by atomic mass is 10.0. The molecule has 0 fully saturated rings. The fraction of sp³-hybridized carbons (Fsp3) is 0.200. The number of rotatable bonds is 5. The molecule has 0 saturated heterocycles. The van der Waals surface area contributed by atoms with Gasteiger partial charge in [0.2, 0.25) is 5.78 Å². The standard InChI is InChI=1S/C20H19NO5S/c1-12-18(16-6-4-5-7-17(16)21-12)19(22)13(2)26-20(23)14-8-10-15(11-9-14)27(3,24)25/h4-11,13,21H,1-3H3/t13-/m1/s1. The Balaban J connectivity index is 1.80. The number of aromatic nitrogens is 1. The number of para-hydroxylation sites is 1. The van der Waals surface area contributed by atoms with Crippen LogP contribution in [0.2, 0.25) is 0 Å². The van der Waals surface area contributed by atoms with Crippen molar-refractivity contribution < 1.29 is 22.7 Å². The fourth-order valence-corrected chi connectivity index (χ4v) is 3.55. The lowest BCUT2D eigenvalue weighted by Gasteiger charge is -2.13. The Bertz CT molecular complexity index is 1130. The van der Waals surface area contributed by atoms with E-state index in [9.17, 15) is 18.0 Å². The molecule has 0 amide bonds. The van der Waals surface area contributed by atoms with Gasteiger partial charge in [-0.1, -0.05) is 18.2 Å². The monoisotopic (exact) mass is 385 g/mol. The summed E-state index contributed by atoms with van der Waals surface area (Å²) >= 11 is 0. The number of carbonyl (C=O) groups excluding carboxylic acids is 2. The first-order valence-electron chi connectivity index (χ1n) is 8.31. The van der Waals surface area contributed by atoms with E-state index < -0.39 is 21.9 Å². The van der Waals surface area contributed by atoms with Crippen molar-refractivity contribution in [1.29, 1.82) is 0 Å². The number of benzene rings is 2. The molecule has 1 atom stereocenters. The van der Waals surface area contributed by atoms with Gasteiger partial charge in [-0.15, -0.1) is 0 Å². The first-order chi connectivity index (χ1) is 12.7. The highest BCUT2D eigenvalue weighted by atomic mass is 32.2. The van der Waals surface area contributed by atoms with Gasteiger partial charge in [-0.25, -0.2) is 13.2 Å². The molecule has 0 aliphatic carbocycles. The molecule has 140 valence electrons. The topological polar surface area (TPSA) is 93.3 Å². The highest BCUT2D eigenvalue weighted by molar-refractivity contribution is 7.90. The summed E-state index contributed by atoms with van der Waals surface area (Å²) in [6, 6.07) is 12.8. The van der Waals surface area contributed by atoms with Crippen LogP contribution in [0.25, 0.3) is 10.9 Å². The maximum atomic E-state index is 12.8. The maximum absolute atomic E-state index is 12.8. The molecule has 1 aromatic heterocycles. The van der Waals surface area contributed by atoms with Gasteiger partial charge in [-0.2, -0.15) is 0 Å². The van der Waals surface area contributed by atoms with E-state index in [-0.39, 0.29) is 16.2 Å². The largest absolute Gasteiger partial charge is 0.451 e. The molecule has 3 rings (SSSR count). The molecule has 3 aromatic rings. The van der Waals surface area contributed by atoms with Crippen LogP contribution < -0.4 is 0 Å². The number of nitrogens with one attached hydrogen (secondary N) is 1. The lowest BCUT2D eigenvalue weighted by Crippen LogP contribution is -2.25. The SMILES string of the molecule is Cc1[nH]c2ccccc2c1C(=O)[C@@H](C)OC(=O)c1ccc(S(C)(=O)=O)cc1.